The molecule has 0 bridgehead atoms. The molecule has 1 aromatic heterocycles. The van der Waals surface area contributed by atoms with Gasteiger partial charge in [0.2, 0.25) is 0 Å². The molecule has 0 amide bonds. The Bertz CT molecular complexity index is 420. The number of carboxylic acids is 1. The molecule has 1 heterocycles. The minimum Gasteiger partial charge on any atom is -0.481 e. The number of nitrogens with zero attached hydrogens (tertiary/aromatic N) is 2. The molecule has 1 aromatic rings. The van der Waals surface area contributed by atoms with Gasteiger partial charge in [0.25, 0.3) is 0 Å². The molecule has 1 fully saturated rings. The predicted molar refractivity (Wildman–Crippen MR) is 56.3 cm³/mol. The van der Waals surface area contributed by atoms with Crippen LogP contribution in [0.5, 0.6) is 0 Å². The fourth-order valence-electron chi connectivity index (χ4n) is 2.33. The second kappa shape index (κ2) is 2.95. The Morgan fingerprint density at radius 1 is 1.73 bits per heavy atom. The molecular weight excluding hydrogens is 192 g/mol. The lowest BCUT2D eigenvalue weighted by Gasteiger charge is -1.97. The lowest BCUT2D eigenvalue weighted by atomic mass is 10.1. The highest BCUT2D eigenvalue weighted by molar-refractivity contribution is 5.77. The molecule has 0 aliphatic heterocycles. The van der Waals surface area contributed by atoms with Gasteiger partial charge in [-0.1, -0.05) is 20.4 Å². The first-order valence-electron chi connectivity index (χ1n) is 4.88. The number of hydrogen-bond donors (Lipinski definition) is 1. The predicted octanol–water partition coefficient (Wildman–Crippen LogP) is 1.81. The van der Waals surface area contributed by atoms with Gasteiger partial charge in [-0.15, -0.1) is 0 Å². The maximum Gasteiger partial charge on any atom is 0.307 e. The van der Waals surface area contributed by atoms with Gasteiger partial charge in [-0.2, -0.15) is 5.10 Å². The summed E-state index contributed by atoms with van der Waals surface area (Å²) in [7, 11) is 0. The quantitative estimate of drug-likeness (QED) is 0.820. The van der Waals surface area contributed by atoms with E-state index < -0.39 is 5.97 Å². The average molecular weight is 206 g/mol. The zero-order chi connectivity index (χ0) is 11.2. The van der Waals surface area contributed by atoms with Gasteiger partial charge in [0.05, 0.1) is 12.1 Å². The molecule has 0 aromatic carbocycles. The molecule has 4 heteroatoms. The second-order valence-corrected chi connectivity index (χ2v) is 4.55. The Hall–Kier alpha value is -1.58. The molecule has 2 rings (SSSR count). The highest BCUT2D eigenvalue weighted by atomic mass is 16.4. The fourth-order valence-corrected chi connectivity index (χ4v) is 2.33. The van der Waals surface area contributed by atoms with Crippen molar-refractivity contribution in [3.8, 4) is 0 Å². The van der Waals surface area contributed by atoms with Crippen LogP contribution in [0.3, 0.4) is 0 Å². The number of carboxylic acid groups (broad SMARTS) is 1. The molecule has 0 unspecified atom stereocenters. The lowest BCUT2D eigenvalue weighted by molar-refractivity contribution is -0.139. The van der Waals surface area contributed by atoms with Gasteiger partial charge in [0, 0.05) is 18.3 Å². The van der Waals surface area contributed by atoms with Crippen LogP contribution in [0.1, 0.15) is 25.3 Å². The van der Waals surface area contributed by atoms with Crippen LogP contribution in [0.15, 0.2) is 19.0 Å². The van der Waals surface area contributed by atoms with E-state index in [0.717, 1.165) is 5.56 Å². The van der Waals surface area contributed by atoms with E-state index in [1.807, 2.05) is 20.0 Å². The Labute approximate surface area is 88.2 Å². The van der Waals surface area contributed by atoms with E-state index in [9.17, 15) is 4.79 Å². The zero-order valence-electron chi connectivity index (χ0n) is 8.84. The van der Waals surface area contributed by atoms with Crippen molar-refractivity contribution < 1.29 is 9.90 Å². The minimum absolute atomic E-state index is 0.0729. The minimum atomic E-state index is -0.726. The fraction of sp³-hybridized carbons (Fsp3) is 0.455. The van der Waals surface area contributed by atoms with Gasteiger partial charge in [0.1, 0.15) is 0 Å². The van der Waals surface area contributed by atoms with Gasteiger partial charge in [-0.25, -0.2) is 4.68 Å². The van der Waals surface area contributed by atoms with Crippen LogP contribution in [0.2, 0.25) is 0 Å². The number of carbonyl (C=O) groups is 1. The molecule has 1 saturated carbocycles. The molecule has 1 aliphatic rings. The van der Waals surface area contributed by atoms with Crippen molar-refractivity contribution in [1.82, 2.24) is 9.78 Å². The summed E-state index contributed by atoms with van der Waals surface area (Å²) in [6.45, 7) is 7.55. The molecule has 0 radical (unpaired) electrons. The molecule has 80 valence electrons. The average Bonchev–Trinajstić information content (AvgIpc) is 2.59. The smallest absolute Gasteiger partial charge is 0.307 e. The van der Waals surface area contributed by atoms with Gasteiger partial charge >= 0.3 is 5.97 Å². The summed E-state index contributed by atoms with van der Waals surface area (Å²) in [4.78, 5) is 11.0. The van der Waals surface area contributed by atoms with Gasteiger partial charge in [-0.05, 0) is 11.0 Å². The van der Waals surface area contributed by atoms with E-state index in [-0.39, 0.29) is 17.3 Å². The molecule has 1 N–H and O–H groups in total. The first kappa shape index (κ1) is 9.96. The Kier molecular flexibility index (Phi) is 1.96. The van der Waals surface area contributed by atoms with E-state index in [2.05, 4.69) is 11.7 Å². The largest absolute Gasteiger partial charge is 0.481 e. The van der Waals surface area contributed by atoms with Crippen LogP contribution in [0.4, 0.5) is 0 Å². The van der Waals surface area contributed by atoms with Crippen molar-refractivity contribution in [3.05, 3.63) is 24.5 Å². The summed E-state index contributed by atoms with van der Waals surface area (Å²) < 4.78 is 1.60. The second-order valence-electron chi connectivity index (χ2n) is 4.55. The summed E-state index contributed by atoms with van der Waals surface area (Å²) in [5, 5.41) is 13.1. The molecule has 2 atom stereocenters. The third-order valence-electron chi connectivity index (χ3n) is 3.26. The lowest BCUT2D eigenvalue weighted by Crippen LogP contribution is -2.03. The van der Waals surface area contributed by atoms with Crippen molar-refractivity contribution in [2.75, 3.05) is 0 Å². The third kappa shape index (κ3) is 1.37. The Balaban J connectivity index is 2.27. The van der Waals surface area contributed by atoms with Gasteiger partial charge < -0.3 is 5.11 Å². The maximum absolute atomic E-state index is 11.0. The summed E-state index contributed by atoms with van der Waals surface area (Å²) in [5.74, 6) is -0.944. The number of aromatic nitrogens is 2. The van der Waals surface area contributed by atoms with Crippen LogP contribution < -0.4 is 0 Å². The molecule has 1 aliphatic carbocycles. The van der Waals surface area contributed by atoms with E-state index in [4.69, 9.17) is 5.11 Å². The van der Waals surface area contributed by atoms with Crippen molar-refractivity contribution in [2.45, 2.75) is 19.8 Å². The Morgan fingerprint density at radius 3 is 2.80 bits per heavy atom. The monoisotopic (exact) mass is 206 g/mol. The number of hydrogen-bond acceptors (Lipinski definition) is 2. The van der Waals surface area contributed by atoms with Crippen LogP contribution >= 0.6 is 0 Å². The first-order chi connectivity index (χ1) is 6.98. The third-order valence-corrected chi connectivity index (χ3v) is 3.26. The summed E-state index contributed by atoms with van der Waals surface area (Å²) in [5.41, 5.74) is 0.813. The van der Waals surface area contributed by atoms with Crippen molar-refractivity contribution in [1.29, 1.82) is 0 Å². The van der Waals surface area contributed by atoms with E-state index >= 15 is 0 Å². The normalized spacial score (nSPS) is 27.3. The summed E-state index contributed by atoms with van der Waals surface area (Å²) >= 11 is 0. The van der Waals surface area contributed by atoms with Crippen molar-refractivity contribution >= 4 is 12.2 Å². The van der Waals surface area contributed by atoms with Gasteiger partial charge in [-0.3, -0.25) is 4.79 Å². The maximum atomic E-state index is 11.0. The highest BCUT2D eigenvalue weighted by Gasteiger charge is 2.63. The van der Waals surface area contributed by atoms with E-state index in [1.54, 1.807) is 17.1 Å². The SMILES string of the molecule is C=Cn1cc([C@@H]2[C@@H](C(=O)O)C2(C)C)cn1. The highest BCUT2D eigenvalue weighted by Crippen LogP contribution is 2.64. The molecular formula is C11H14N2O2. The van der Waals surface area contributed by atoms with Crippen LogP contribution in [-0.2, 0) is 4.79 Å². The molecule has 0 saturated heterocycles. The standard InChI is InChI=1S/C11H14N2O2/c1-4-13-6-7(5-12-13)8-9(10(14)15)11(8,2)3/h4-6,8-9H,1H2,2-3H3,(H,14,15)/t8-,9+/m1/s1. The van der Waals surface area contributed by atoms with Crippen LogP contribution in [0.25, 0.3) is 6.20 Å². The topological polar surface area (TPSA) is 55.1 Å². The summed E-state index contributed by atoms with van der Waals surface area (Å²) in [6, 6.07) is 0. The molecule has 0 spiro atoms. The van der Waals surface area contributed by atoms with Crippen molar-refractivity contribution in [3.63, 3.8) is 0 Å². The molecule has 15 heavy (non-hydrogen) atoms. The number of aliphatic carboxylic acids is 1. The van der Waals surface area contributed by atoms with Gasteiger partial charge in [0.15, 0.2) is 0 Å². The molecule has 4 nitrogen and oxygen atoms in total. The van der Waals surface area contributed by atoms with E-state index in [0.29, 0.717) is 0 Å². The van der Waals surface area contributed by atoms with Crippen molar-refractivity contribution in [2.24, 2.45) is 11.3 Å². The van der Waals surface area contributed by atoms with Crippen LogP contribution in [-0.4, -0.2) is 20.9 Å². The Morgan fingerprint density at radius 2 is 2.40 bits per heavy atom. The first-order valence-corrected chi connectivity index (χ1v) is 4.88. The van der Waals surface area contributed by atoms with Crippen LogP contribution in [0, 0.1) is 11.3 Å². The number of rotatable bonds is 3. The summed E-state index contributed by atoms with van der Waals surface area (Å²) in [6.07, 6.45) is 5.15. The van der Waals surface area contributed by atoms with E-state index in [1.165, 1.54) is 0 Å². The zero-order valence-corrected chi connectivity index (χ0v) is 8.84.